The first-order valence-electron chi connectivity index (χ1n) is 7.56. The van der Waals surface area contributed by atoms with Crippen LogP contribution in [0.1, 0.15) is 6.92 Å². The zero-order valence-electron chi connectivity index (χ0n) is 13.9. The molecule has 2 aromatic carbocycles. The number of hydrogen-bond donors (Lipinski definition) is 1. The summed E-state index contributed by atoms with van der Waals surface area (Å²) in [5, 5.41) is 2.37. The summed E-state index contributed by atoms with van der Waals surface area (Å²) in [5.74, 6) is -0.650. The Morgan fingerprint density at radius 2 is 1.80 bits per heavy atom. The van der Waals surface area contributed by atoms with Gasteiger partial charge < -0.3 is 10.1 Å². The van der Waals surface area contributed by atoms with Crippen LogP contribution in [0.25, 0.3) is 0 Å². The Balaban J connectivity index is 2.18. The summed E-state index contributed by atoms with van der Waals surface area (Å²) >= 11 is 0. The molecule has 134 valence electrons. The molecule has 1 amide bonds. The monoisotopic (exact) mass is 366 g/mol. The van der Waals surface area contributed by atoms with Crippen molar-refractivity contribution in [2.45, 2.75) is 6.92 Å². The Kier molecular flexibility index (Phi) is 5.97. The van der Waals surface area contributed by atoms with Gasteiger partial charge >= 0.3 is 0 Å². The van der Waals surface area contributed by atoms with E-state index in [0.29, 0.717) is 18.0 Å². The van der Waals surface area contributed by atoms with Crippen molar-refractivity contribution in [1.29, 1.82) is 0 Å². The smallest absolute Gasteiger partial charge is 0.245 e. The summed E-state index contributed by atoms with van der Waals surface area (Å²) in [4.78, 5) is 12.2. The average Bonchev–Trinajstić information content (AvgIpc) is 2.55. The molecule has 0 aliphatic carbocycles. The predicted molar refractivity (Wildman–Crippen MR) is 94.8 cm³/mol. The number of benzene rings is 2. The molecule has 1 N–H and O–H groups in total. The quantitative estimate of drug-likeness (QED) is 0.817. The fraction of sp³-hybridized carbons (Fsp3) is 0.235. The molecule has 0 saturated carbocycles. The second-order valence-electron chi connectivity index (χ2n) is 5.22. The summed E-state index contributed by atoms with van der Waals surface area (Å²) in [6, 6.07) is 12.0. The molecule has 0 fully saturated rings. The van der Waals surface area contributed by atoms with Crippen LogP contribution in [0.2, 0.25) is 0 Å². The standard InChI is InChI=1S/C17H19FN2O4S/c1-3-24-14-10-8-13(9-11-14)20(25(2,22)23)12-17(21)19-16-7-5-4-6-15(16)18/h4-11H,3,12H2,1-2H3,(H,19,21). The molecule has 0 saturated heterocycles. The zero-order chi connectivity index (χ0) is 18.4. The molecule has 6 nitrogen and oxygen atoms in total. The number of halogens is 1. The normalized spacial score (nSPS) is 11.0. The molecule has 8 heteroatoms. The largest absolute Gasteiger partial charge is 0.494 e. The third-order valence-electron chi connectivity index (χ3n) is 3.27. The summed E-state index contributed by atoms with van der Waals surface area (Å²) in [6.45, 7) is 1.85. The van der Waals surface area contributed by atoms with Crippen LogP contribution in [0.15, 0.2) is 48.5 Å². The lowest BCUT2D eigenvalue weighted by molar-refractivity contribution is -0.114. The number of carbonyl (C=O) groups excluding carboxylic acids is 1. The molecule has 0 radical (unpaired) electrons. The lowest BCUT2D eigenvalue weighted by Gasteiger charge is -2.22. The molecule has 2 aromatic rings. The van der Waals surface area contributed by atoms with Gasteiger partial charge in [0.25, 0.3) is 0 Å². The summed E-state index contributed by atoms with van der Waals surface area (Å²) in [5.41, 5.74) is 0.308. The average molecular weight is 366 g/mol. The molecule has 25 heavy (non-hydrogen) atoms. The second-order valence-corrected chi connectivity index (χ2v) is 7.13. The third kappa shape index (κ3) is 5.18. The van der Waals surface area contributed by atoms with Crippen LogP contribution < -0.4 is 14.4 Å². The van der Waals surface area contributed by atoms with Crippen molar-refractivity contribution in [2.24, 2.45) is 0 Å². The molecular formula is C17H19FN2O4S. The number of sulfonamides is 1. The van der Waals surface area contributed by atoms with Gasteiger partial charge in [-0.3, -0.25) is 9.10 Å². The minimum Gasteiger partial charge on any atom is -0.494 e. The van der Waals surface area contributed by atoms with Crippen LogP contribution in [0.4, 0.5) is 15.8 Å². The minimum absolute atomic E-state index is 0.00681. The van der Waals surface area contributed by atoms with Gasteiger partial charge in [0.05, 0.1) is 24.2 Å². The van der Waals surface area contributed by atoms with E-state index in [1.54, 1.807) is 30.3 Å². The van der Waals surface area contributed by atoms with E-state index in [1.165, 1.54) is 18.2 Å². The minimum atomic E-state index is -3.70. The number of nitrogens with zero attached hydrogens (tertiary/aromatic N) is 1. The molecule has 0 bridgehead atoms. The topological polar surface area (TPSA) is 75.7 Å². The lowest BCUT2D eigenvalue weighted by Crippen LogP contribution is -2.37. The van der Waals surface area contributed by atoms with Crippen molar-refractivity contribution in [3.63, 3.8) is 0 Å². The highest BCUT2D eigenvalue weighted by molar-refractivity contribution is 7.92. The number of amides is 1. The first-order valence-corrected chi connectivity index (χ1v) is 9.41. The summed E-state index contributed by atoms with van der Waals surface area (Å²) < 4.78 is 43.9. The number of hydrogen-bond acceptors (Lipinski definition) is 4. The molecule has 0 aliphatic rings. The van der Waals surface area contributed by atoms with Gasteiger partial charge in [0.2, 0.25) is 15.9 Å². The van der Waals surface area contributed by atoms with Crippen molar-refractivity contribution < 1.29 is 22.3 Å². The number of nitrogens with one attached hydrogen (secondary N) is 1. The van der Waals surface area contributed by atoms with Crippen LogP contribution in [-0.4, -0.2) is 33.7 Å². The number of ether oxygens (including phenoxy) is 1. The Hall–Kier alpha value is -2.61. The highest BCUT2D eigenvalue weighted by atomic mass is 32.2. The first-order chi connectivity index (χ1) is 11.8. The molecule has 2 rings (SSSR count). The van der Waals surface area contributed by atoms with E-state index < -0.39 is 28.3 Å². The van der Waals surface area contributed by atoms with Gasteiger partial charge in [-0.1, -0.05) is 12.1 Å². The van der Waals surface area contributed by atoms with Gasteiger partial charge in [0, 0.05) is 0 Å². The maximum Gasteiger partial charge on any atom is 0.245 e. The van der Waals surface area contributed by atoms with Crippen LogP contribution in [0.5, 0.6) is 5.75 Å². The van der Waals surface area contributed by atoms with Crippen LogP contribution in [0.3, 0.4) is 0 Å². The molecule has 0 spiro atoms. The van der Waals surface area contributed by atoms with E-state index in [0.717, 1.165) is 10.6 Å². The van der Waals surface area contributed by atoms with E-state index in [4.69, 9.17) is 4.74 Å². The Morgan fingerprint density at radius 1 is 1.16 bits per heavy atom. The molecule has 0 atom stereocenters. The maximum atomic E-state index is 13.6. The Labute approximate surface area is 146 Å². The van der Waals surface area contributed by atoms with Gasteiger partial charge in [-0.25, -0.2) is 12.8 Å². The maximum absolute atomic E-state index is 13.6. The molecule has 0 aromatic heterocycles. The third-order valence-corrected chi connectivity index (χ3v) is 4.41. The van der Waals surface area contributed by atoms with E-state index in [2.05, 4.69) is 5.32 Å². The van der Waals surface area contributed by atoms with Gasteiger partial charge in [-0.2, -0.15) is 0 Å². The van der Waals surface area contributed by atoms with E-state index >= 15 is 0 Å². The molecule has 0 heterocycles. The van der Waals surface area contributed by atoms with Gasteiger partial charge in [-0.15, -0.1) is 0 Å². The van der Waals surface area contributed by atoms with Crippen molar-refractivity contribution in [3.8, 4) is 5.75 Å². The fourth-order valence-electron chi connectivity index (χ4n) is 2.16. The van der Waals surface area contributed by atoms with Crippen molar-refractivity contribution in [1.82, 2.24) is 0 Å². The molecular weight excluding hydrogens is 347 g/mol. The van der Waals surface area contributed by atoms with Crippen LogP contribution in [-0.2, 0) is 14.8 Å². The van der Waals surface area contributed by atoms with Crippen molar-refractivity contribution in [3.05, 3.63) is 54.3 Å². The Bertz CT molecular complexity index is 838. The molecule has 0 unspecified atom stereocenters. The van der Waals surface area contributed by atoms with Gasteiger partial charge in [-0.05, 0) is 43.3 Å². The summed E-state index contributed by atoms with van der Waals surface area (Å²) in [7, 11) is -3.70. The number of para-hydroxylation sites is 1. The summed E-state index contributed by atoms with van der Waals surface area (Å²) in [6.07, 6.45) is 1.000. The lowest BCUT2D eigenvalue weighted by atomic mass is 10.3. The highest BCUT2D eigenvalue weighted by Crippen LogP contribution is 2.22. The number of carbonyl (C=O) groups is 1. The predicted octanol–water partition coefficient (Wildman–Crippen LogP) is 2.63. The van der Waals surface area contributed by atoms with Gasteiger partial charge in [0.15, 0.2) is 0 Å². The van der Waals surface area contributed by atoms with Crippen molar-refractivity contribution in [2.75, 3.05) is 29.0 Å². The van der Waals surface area contributed by atoms with Crippen molar-refractivity contribution >= 4 is 27.3 Å². The highest BCUT2D eigenvalue weighted by Gasteiger charge is 2.21. The fourth-order valence-corrected chi connectivity index (χ4v) is 3.01. The Morgan fingerprint density at radius 3 is 2.36 bits per heavy atom. The molecule has 0 aliphatic heterocycles. The van der Waals surface area contributed by atoms with Crippen LogP contribution >= 0.6 is 0 Å². The van der Waals surface area contributed by atoms with Crippen LogP contribution in [0, 0.1) is 5.82 Å². The van der Waals surface area contributed by atoms with Gasteiger partial charge in [0.1, 0.15) is 18.1 Å². The van der Waals surface area contributed by atoms with E-state index in [9.17, 15) is 17.6 Å². The first kappa shape index (κ1) is 18.7. The number of anilines is 2. The van der Waals surface area contributed by atoms with E-state index in [1.807, 2.05) is 6.92 Å². The van der Waals surface area contributed by atoms with E-state index in [-0.39, 0.29) is 5.69 Å². The SMILES string of the molecule is CCOc1ccc(N(CC(=O)Nc2ccccc2F)S(C)(=O)=O)cc1. The zero-order valence-corrected chi connectivity index (χ0v) is 14.7. The number of rotatable bonds is 7. The second kappa shape index (κ2) is 7.98.